The predicted octanol–water partition coefficient (Wildman–Crippen LogP) is 2.16. The molecule has 11 heavy (non-hydrogen) atoms. The number of benzene rings is 1. The van der Waals surface area contributed by atoms with E-state index in [0.717, 1.165) is 6.29 Å². The summed E-state index contributed by atoms with van der Waals surface area (Å²) in [5, 5.41) is 0. The van der Waals surface area contributed by atoms with Crippen LogP contribution in [-0.4, -0.2) is 12.5 Å². The molecule has 0 unspecified atom stereocenters. The van der Waals surface area contributed by atoms with E-state index in [1.807, 2.05) is 12.3 Å². The van der Waals surface area contributed by atoms with Crippen molar-refractivity contribution in [3.8, 4) is 5.75 Å². The Hall–Kier alpha value is -0.960. The molecule has 1 aromatic carbocycles. The van der Waals surface area contributed by atoms with Gasteiger partial charge in [0.2, 0.25) is 0 Å². The summed E-state index contributed by atoms with van der Waals surface area (Å²) in [5.41, 5.74) is 0.585. The highest BCUT2D eigenvalue weighted by Gasteiger charge is 1.99. The monoisotopic (exact) mass is 168 g/mol. The van der Waals surface area contributed by atoms with E-state index in [2.05, 4.69) is 0 Å². The van der Waals surface area contributed by atoms with Crippen molar-refractivity contribution in [1.29, 1.82) is 0 Å². The lowest BCUT2D eigenvalue weighted by molar-refractivity contribution is 0.112. The number of hydrogen-bond acceptors (Lipinski definition) is 3. The Morgan fingerprint density at radius 1 is 1.45 bits per heavy atom. The molecule has 0 N–H and O–H groups in total. The molecule has 2 nitrogen and oxygen atoms in total. The smallest absolute Gasteiger partial charge is 0.153 e. The van der Waals surface area contributed by atoms with Gasteiger partial charge in [0, 0.05) is 6.26 Å². The van der Waals surface area contributed by atoms with Gasteiger partial charge in [-0.3, -0.25) is 4.79 Å². The van der Waals surface area contributed by atoms with Gasteiger partial charge >= 0.3 is 0 Å². The second-order valence-electron chi connectivity index (χ2n) is 1.91. The van der Waals surface area contributed by atoms with Crippen LogP contribution >= 0.6 is 12.0 Å². The summed E-state index contributed by atoms with van der Waals surface area (Å²) in [6.45, 7) is 0. The average Bonchev–Trinajstić information content (AvgIpc) is 2.06. The van der Waals surface area contributed by atoms with Crippen molar-refractivity contribution in [2.75, 3.05) is 6.26 Å². The van der Waals surface area contributed by atoms with Gasteiger partial charge in [-0.25, -0.2) is 0 Å². The summed E-state index contributed by atoms with van der Waals surface area (Å²) in [4.78, 5) is 10.4. The van der Waals surface area contributed by atoms with Gasteiger partial charge in [0.05, 0.1) is 17.6 Å². The third-order valence-corrected chi connectivity index (χ3v) is 1.57. The molecular weight excluding hydrogens is 160 g/mol. The Morgan fingerprint density at radius 3 is 2.82 bits per heavy atom. The Kier molecular flexibility index (Phi) is 2.98. The molecule has 0 aliphatic heterocycles. The third-order valence-electron chi connectivity index (χ3n) is 1.22. The fourth-order valence-electron chi connectivity index (χ4n) is 0.744. The predicted molar refractivity (Wildman–Crippen MR) is 46.0 cm³/mol. The first-order valence-electron chi connectivity index (χ1n) is 3.13. The van der Waals surface area contributed by atoms with Gasteiger partial charge in [0.25, 0.3) is 0 Å². The van der Waals surface area contributed by atoms with Crippen molar-refractivity contribution < 1.29 is 8.98 Å². The zero-order chi connectivity index (χ0) is 8.10. The Balaban J connectivity index is 2.92. The Morgan fingerprint density at radius 2 is 2.18 bits per heavy atom. The van der Waals surface area contributed by atoms with Crippen LogP contribution in [0.25, 0.3) is 0 Å². The summed E-state index contributed by atoms with van der Waals surface area (Å²) in [7, 11) is 0. The molecule has 0 saturated carbocycles. The maximum absolute atomic E-state index is 10.4. The largest absolute Gasteiger partial charge is 0.425 e. The number of carbonyl (C=O) groups is 1. The number of hydrogen-bond donors (Lipinski definition) is 0. The molecule has 0 heterocycles. The minimum Gasteiger partial charge on any atom is -0.425 e. The second kappa shape index (κ2) is 4.03. The second-order valence-corrected chi connectivity index (χ2v) is 2.41. The highest BCUT2D eigenvalue weighted by Crippen LogP contribution is 2.18. The van der Waals surface area contributed by atoms with Crippen molar-refractivity contribution in [1.82, 2.24) is 0 Å². The molecule has 58 valence electrons. The van der Waals surface area contributed by atoms with E-state index in [1.54, 1.807) is 18.2 Å². The molecule has 0 aromatic heterocycles. The third kappa shape index (κ3) is 1.98. The Bertz CT molecular complexity index is 248. The summed E-state index contributed by atoms with van der Waals surface area (Å²) in [6, 6.07) is 7.12. The lowest BCUT2D eigenvalue weighted by Crippen LogP contribution is -1.86. The van der Waals surface area contributed by atoms with Crippen molar-refractivity contribution in [3.63, 3.8) is 0 Å². The van der Waals surface area contributed by atoms with Gasteiger partial charge in [-0.15, -0.1) is 0 Å². The summed E-state index contributed by atoms with van der Waals surface area (Å²) < 4.78 is 5.11. The zero-order valence-electron chi connectivity index (χ0n) is 6.11. The Labute approximate surface area is 69.8 Å². The van der Waals surface area contributed by atoms with Crippen molar-refractivity contribution in [3.05, 3.63) is 29.8 Å². The molecule has 0 fully saturated rings. The van der Waals surface area contributed by atoms with Gasteiger partial charge in [-0.2, -0.15) is 0 Å². The van der Waals surface area contributed by atoms with Gasteiger partial charge in [-0.05, 0) is 12.1 Å². The van der Waals surface area contributed by atoms with E-state index >= 15 is 0 Å². The standard InChI is InChI=1S/C8H8O2S/c1-11-10-8-5-3-2-4-7(8)6-9/h2-6H,1H3. The summed E-state index contributed by atoms with van der Waals surface area (Å²) in [5.74, 6) is 0.620. The van der Waals surface area contributed by atoms with E-state index < -0.39 is 0 Å². The van der Waals surface area contributed by atoms with Crippen LogP contribution < -0.4 is 4.18 Å². The molecule has 0 aliphatic carbocycles. The molecule has 3 heteroatoms. The molecule has 0 amide bonds. The van der Waals surface area contributed by atoms with Crippen LogP contribution in [0.4, 0.5) is 0 Å². The maximum atomic E-state index is 10.4. The van der Waals surface area contributed by atoms with Crippen LogP contribution in [0.1, 0.15) is 10.4 Å². The zero-order valence-corrected chi connectivity index (χ0v) is 6.93. The first-order valence-corrected chi connectivity index (χ1v) is 4.28. The minimum absolute atomic E-state index is 0.585. The molecule has 0 saturated heterocycles. The van der Waals surface area contributed by atoms with Crippen LogP contribution in [0.5, 0.6) is 5.75 Å². The van der Waals surface area contributed by atoms with Crippen molar-refractivity contribution in [2.24, 2.45) is 0 Å². The number of aldehydes is 1. The first kappa shape index (κ1) is 8.14. The molecule has 0 radical (unpaired) electrons. The average molecular weight is 168 g/mol. The minimum atomic E-state index is 0.585. The normalized spacial score (nSPS) is 9.18. The molecule has 1 aromatic rings. The van der Waals surface area contributed by atoms with Gasteiger partial charge < -0.3 is 4.18 Å². The summed E-state index contributed by atoms with van der Waals surface area (Å²) >= 11 is 1.23. The lowest BCUT2D eigenvalue weighted by atomic mass is 10.2. The first-order chi connectivity index (χ1) is 5.38. The molecule has 0 bridgehead atoms. The lowest BCUT2D eigenvalue weighted by Gasteiger charge is -2.01. The van der Waals surface area contributed by atoms with E-state index in [-0.39, 0.29) is 0 Å². The van der Waals surface area contributed by atoms with Crippen molar-refractivity contribution in [2.45, 2.75) is 0 Å². The highest BCUT2D eigenvalue weighted by atomic mass is 32.2. The topological polar surface area (TPSA) is 26.3 Å². The SMILES string of the molecule is CSOc1ccccc1C=O. The molecular formula is C8H8O2S. The number of para-hydroxylation sites is 1. The quantitative estimate of drug-likeness (QED) is 0.511. The molecule has 0 atom stereocenters. The van der Waals surface area contributed by atoms with E-state index in [0.29, 0.717) is 11.3 Å². The van der Waals surface area contributed by atoms with Crippen LogP contribution in [0.15, 0.2) is 24.3 Å². The number of carbonyl (C=O) groups excluding carboxylic acids is 1. The van der Waals surface area contributed by atoms with Crippen LogP contribution in [0, 0.1) is 0 Å². The number of rotatable bonds is 3. The van der Waals surface area contributed by atoms with Crippen molar-refractivity contribution >= 4 is 18.3 Å². The van der Waals surface area contributed by atoms with Gasteiger partial charge in [0.15, 0.2) is 6.29 Å². The van der Waals surface area contributed by atoms with E-state index in [9.17, 15) is 4.79 Å². The van der Waals surface area contributed by atoms with Crippen LogP contribution in [0.2, 0.25) is 0 Å². The molecule has 1 rings (SSSR count). The van der Waals surface area contributed by atoms with Crippen LogP contribution in [0.3, 0.4) is 0 Å². The summed E-state index contributed by atoms with van der Waals surface area (Å²) in [6.07, 6.45) is 2.59. The fraction of sp³-hybridized carbons (Fsp3) is 0.125. The van der Waals surface area contributed by atoms with Gasteiger partial charge in [-0.1, -0.05) is 12.1 Å². The highest BCUT2D eigenvalue weighted by molar-refractivity contribution is 7.94. The van der Waals surface area contributed by atoms with E-state index in [1.165, 1.54) is 12.0 Å². The van der Waals surface area contributed by atoms with Gasteiger partial charge in [0.1, 0.15) is 5.75 Å². The molecule has 0 spiro atoms. The van der Waals surface area contributed by atoms with E-state index in [4.69, 9.17) is 4.18 Å². The maximum Gasteiger partial charge on any atom is 0.153 e. The fourth-order valence-corrected chi connectivity index (χ4v) is 1.07. The van der Waals surface area contributed by atoms with Crippen LogP contribution in [-0.2, 0) is 0 Å². The molecule has 0 aliphatic rings.